The molecule has 5 rings (SSSR count). The fourth-order valence-corrected chi connectivity index (χ4v) is 3.83. The van der Waals surface area contributed by atoms with Crippen molar-refractivity contribution in [2.45, 2.75) is 50.2 Å². The highest BCUT2D eigenvalue weighted by molar-refractivity contribution is 5.94. The summed E-state index contributed by atoms with van der Waals surface area (Å²) in [6, 6.07) is 3.31. The first-order valence-electron chi connectivity index (χ1n) is 9.72. The summed E-state index contributed by atoms with van der Waals surface area (Å²) in [5, 5.41) is 5.54. The largest absolute Gasteiger partial charge is 0.362 e. The maximum absolute atomic E-state index is 14.3. The number of hydrogen-bond acceptors (Lipinski definition) is 6. The number of ether oxygens (including phenoxy) is 1. The molecule has 2 N–H and O–H groups in total. The van der Waals surface area contributed by atoms with E-state index in [2.05, 4.69) is 20.9 Å². The van der Waals surface area contributed by atoms with E-state index in [1.165, 1.54) is 23.8 Å². The number of nitrogens with zero attached hydrogens (tertiary/aromatic N) is 4. The smallest absolute Gasteiger partial charge is 0.248 e. The fourth-order valence-electron chi connectivity index (χ4n) is 3.83. The number of alkyl halides is 2. The van der Waals surface area contributed by atoms with E-state index in [1.54, 1.807) is 12.1 Å². The number of nitrogens with one attached hydrogen (secondary N) is 2. The van der Waals surface area contributed by atoms with Crippen molar-refractivity contribution in [3.63, 3.8) is 0 Å². The SMILES string of the molecule is FC(F)C1(c2ccc(-c3cn(F)c4c3NN(NC3CCCCO3)N=C4)nc2)CC1. The minimum atomic E-state index is -2.41. The molecule has 1 unspecified atom stereocenters. The van der Waals surface area contributed by atoms with Gasteiger partial charge in [0, 0.05) is 18.4 Å². The first-order valence-corrected chi connectivity index (χ1v) is 9.72. The highest BCUT2D eigenvalue weighted by atomic mass is 19.3. The molecule has 2 aromatic heterocycles. The fraction of sp³-hybridized carbons (Fsp3) is 0.474. The lowest BCUT2D eigenvalue weighted by Gasteiger charge is -2.31. The maximum Gasteiger partial charge on any atom is 0.248 e. The molecule has 0 radical (unpaired) electrons. The normalized spacial score (nSPS) is 22.5. The molecule has 1 saturated carbocycles. The van der Waals surface area contributed by atoms with Crippen molar-refractivity contribution >= 4 is 11.9 Å². The van der Waals surface area contributed by atoms with Crippen molar-refractivity contribution in [1.82, 2.24) is 20.4 Å². The van der Waals surface area contributed by atoms with Crippen LogP contribution in [0.1, 0.15) is 43.4 Å². The number of hydrazine groups is 2. The zero-order valence-electron chi connectivity index (χ0n) is 15.6. The van der Waals surface area contributed by atoms with Gasteiger partial charge < -0.3 is 4.74 Å². The van der Waals surface area contributed by atoms with Crippen LogP contribution in [0, 0.1) is 0 Å². The second-order valence-electron chi connectivity index (χ2n) is 7.66. The highest BCUT2D eigenvalue weighted by Gasteiger charge is 2.52. The van der Waals surface area contributed by atoms with Crippen LogP contribution in [-0.4, -0.2) is 40.5 Å². The van der Waals surface area contributed by atoms with E-state index >= 15 is 0 Å². The average Bonchev–Trinajstić information content (AvgIpc) is 3.49. The lowest BCUT2D eigenvalue weighted by atomic mass is 9.98. The molecule has 29 heavy (non-hydrogen) atoms. The number of hydrazone groups is 1. The van der Waals surface area contributed by atoms with Crippen molar-refractivity contribution < 1.29 is 18.0 Å². The Kier molecular flexibility index (Phi) is 4.47. The summed E-state index contributed by atoms with van der Waals surface area (Å²) >= 11 is 0. The zero-order chi connectivity index (χ0) is 20.0. The van der Waals surface area contributed by atoms with Gasteiger partial charge in [0.2, 0.25) is 6.43 Å². The summed E-state index contributed by atoms with van der Waals surface area (Å²) in [5.74, 6) is 0. The lowest BCUT2D eigenvalue weighted by molar-refractivity contribution is -0.0464. The van der Waals surface area contributed by atoms with E-state index in [1.807, 2.05) is 0 Å². The van der Waals surface area contributed by atoms with Gasteiger partial charge in [0.1, 0.15) is 11.9 Å². The maximum atomic E-state index is 14.3. The van der Waals surface area contributed by atoms with Crippen molar-refractivity contribution in [1.29, 1.82) is 0 Å². The van der Waals surface area contributed by atoms with E-state index in [4.69, 9.17) is 4.74 Å². The molecule has 0 aromatic carbocycles. The number of aromatic nitrogens is 2. The van der Waals surface area contributed by atoms with E-state index in [9.17, 15) is 13.3 Å². The molecule has 1 saturated heterocycles. The van der Waals surface area contributed by atoms with Gasteiger partial charge in [-0.05, 0) is 43.7 Å². The molecule has 2 aromatic rings. The van der Waals surface area contributed by atoms with Crippen LogP contribution in [0.4, 0.5) is 18.9 Å². The molecule has 7 nitrogen and oxygen atoms in total. The molecule has 1 aliphatic carbocycles. The van der Waals surface area contributed by atoms with Crippen molar-refractivity contribution in [3.05, 3.63) is 35.8 Å². The Hall–Kier alpha value is -2.59. The van der Waals surface area contributed by atoms with Crippen LogP contribution in [0.5, 0.6) is 0 Å². The van der Waals surface area contributed by atoms with Gasteiger partial charge in [-0.15, -0.1) is 10.3 Å². The number of rotatable bonds is 5. The second-order valence-corrected chi connectivity index (χ2v) is 7.66. The molecule has 154 valence electrons. The molecule has 1 atom stereocenters. The molecule has 10 heteroatoms. The summed E-state index contributed by atoms with van der Waals surface area (Å²) in [4.78, 5) is 4.80. The van der Waals surface area contributed by atoms with Crippen LogP contribution in [-0.2, 0) is 10.2 Å². The zero-order valence-corrected chi connectivity index (χ0v) is 15.6. The Balaban J connectivity index is 1.38. The van der Waals surface area contributed by atoms with E-state index in [0.29, 0.717) is 46.7 Å². The summed E-state index contributed by atoms with van der Waals surface area (Å²) in [6.07, 6.45) is 5.45. The summed E-state index contributed by atoms with van der Waals surface area (Å²) in [5.41, 5.74) is 7.33. The molecular weight excluding hydrogens is 385 g/mol. The van der Waals surface area contributed by atoms with Gasteiger partial charge in [-0.25, -0.2) is 8.78 Å². The Morgan fingerprint density at radius 3 is 2.79 bits per heavy atom. The van der Waals surface area contributed by atoms with Crippen molar-refractivity contribution in [3.8, 4) is 11.3 Å². The van der Waals surface area contributed by atoms with Gasteiger partial charge in [0.05, 0.1) is 29.2 Å². The number of hydrogen-bond donors (Lipinski definition) is 2. The Labute approximate surface area is 165 Å². The Morgan fingerprint density at radius 1 is 1.28 bits per heavy atom. The molecule has 3 aliphatic rings. The predicted molar refractivity (Wildman–Crippen MR) is 101 cm³/mol. The molecule has 0 spiro atoms. The van der Waals surface area contributed by atoms with Gasteiger partial charge in [0.15, 0.2) is 0 Å². The Bertz CT molecular complexity index is 919. The number of pyridine rings is 1. The van der Waals surface area contributed by atoms with E-state index in [-0.39, 0.29) is 11.9 Å². The first-order chi connectivity index (χ1) is 14.1. The number of fused-ring (bicyclic) bond motifs is 1. The molecule has 0 amide bonds. The molecule has 2 fully saturated rings. The third-order valence-electron chi connectivity index (χ3n) is 5.78. The molecule has 4 heterocycles. The number of halogens is 3. The van der Waals surface area contributed by atoms with E-state index in [0.717, 1.165) is 19.3 Å². The third-order valence-corrected chi connectivity index (χ3v) is 5.78. The van der Waals surface area contributed by atoms with Crippen LogP contribution < -0.4 is 10.9 Å². The standard InChI is InChI=1S/C19H21F3N6O/c20-18(21)19(6-7-19)12-4-5-14(23-9-12)13-11-27(22)15-10-24-28(26-17(13)15)25-16-3-1-2-8-29-16/h4-5,9-11,16,18,25-26H,1-3,6-8H2. The summed E-state index contributed by atoms with van der Waals surface area (Å²) < 4.78 is 46.6. The third kappa shape index (κ3) is 3.25. The van der Waals surface area contributed by atoms with Crippen LogP contribution in [0.25, 0.3) is 11.3 Å². The molecule has 2 aliphatic heterocycles. The van der Waals surface area contributed by atoms with Crippen LogP contribution in [0.3, 0.4) is 0 Å². The molecular formula is C19H21F3N6O. The average molecular weight is 406 g/mol. The summed E-state index contributed by atoms with van der Waals surface area (Å²) in [7, 11) is 0. The first kappa shape index (κ1) is 18.4. The summed E-state index contributed by atoms with van der Waals surface area (Å²) in [6.45, 7) is 0.683. The lowest BCUT2D eigenvalue weighted by Crippen LogP contribution is -2.48. The minimum absolute atomic E-state index is 0.174. The number of anilines is 1. The monoisotopic (exact) mass is 406 g/mol. The minimum Gasteiger partial charge on any atom is -0.362 e. The molecule has 0 bridgehead atoms. The quantitative estimate of drug-likeness (QED) is 0.795. The van der Waals surface area contributed by atoms with E-state index < -0.39 is 11.8 Å². The predicted octanol–water partition coefficient (Wildman–Crippen LogP) is 3.59. The van der Waals surface area contributed by atoms with Crippen LogP contribution in [0.15, 0.2) is 29.6 Å². The van der Waals surface area contributed by atoms with Crippen LogP contribution in [0.2, 0.25) is 0 Å². The van der Waals surface area contributed by atoms with Crippen molar-refractivity contribution in [2.75, 3.05) is 12.0 Å². The van der Waals surface area contributed by atoms with Crippen LogP contribution >= 0.6 is 0 Å². The van der Waals surface area contributed by atoms with Gasteiger partial charge in [-0.1, -0.05) is 10.5 Å². The van der Waals surface area contributed by atoms with Gasteiger partial charge in [-0.2, -0.15) is 10.2 Å². The second kappa shape index (κ2) is 7.03. The topological polar surface area (TPSA) is 66.7 Å². The highest BCUT2D eigenvalue weighted by Crippen LogP contribution is 2.52. The van der Waals surface area contributed by atoms with Gasteiger partial charge in [-0.3, -0.25) is 10.4 Å². The Morgan fingerprint density at radius 2 is 2.14 bits per heavy atom. The van der Waals surface area contributed by atoms with Gasteiger partial charge >= 0.3 is 0 Å². The van der Waals surface area contributed by atoms with Crippen molar-refractivity contribution in [2.24, 2.45) is 5.10 Å². The van der Waals surface area contributed by atoms with Gasteiger partial charge in [0.25, 0.3) is 0 Å².